The highest BCUT2D eigenvalue weighted by atomic mass is 35.5. The molecule has 0 radical (unpaired) electrons. The van der Waals surface area contributed by atoms with Crippen LogP contribution in [-0.2, 0) is 11.2 Å². The molecule has 0 aliphatic carbocycles. The van der Waals surface area contributed by atoms with Gasteiger partial charge in [-0.1, -0.05) is 11.6 Å². The van der Waals surface area contributed by atoms with E-state index < -0.39 is 11.7 Å². The molecule has 0 bridgehead atoms. The number of hydrogen-bond acceptors (Lipinski definition) is 4. The van der Waals surface area contributed by atoms with Crippen LogP contribution >= 0.6 is 23.2 Å². The van der Waals surface area contributed by atoms with E-state index >= 15 is 0 Å². The van der Waals surface area contributed by atoms with E-state index in [4.69, 9.17) is 27.9 Å². The first-order valence-electron chi connectivity index (χ1n) is 5.42. The normalized spacial score (nSPS) is 11.2. The van der Waals surface area contributed by atoms with E-state index in [1.54, 1.807) is 20.8 Å². The van der Waals surface area contributed by atoms with E-state index in [1.807, 2.05) is 0 Å². The molecule has 1 N–H and O–H groups in total. The first-order valence-corrected chi connectivity index (χ1v) is 6.17. The topological polar surface area (TPSA) is 64.1 Å². The highest BCUT2D eigenvalue weighted by Crippen LogP contribution is 2.14. The molecule has 100 valence electrons. The van der Waals surface area contributed by atoms with Crippen LogP contribution in [0.15, 0.2) is 6.20 Å². The second kappa shape index (κ2) is 6.20. The number of carbonyl (C=O) groups excluding carboxylic acids is 1. The Kier molecular flexibility index (Phi) is 5.16. The van der Waals surface area contributed by atoms with Crippen molar-refractivity contribution in [2.24, 2.45) is 0 Å². The summed E-state index contributed by atoms with van der Waals surface area (Å²) in [7, 11) is 0. The zero-order chi connectivity index (χ0) is 13.8. The Labute approximate surface area is 116 Å². The van der Waals surface area contributed by atoms with Gasteiger partial charge in [0.1, 0.15) is 10.8 Å². The van der Waals surface area contributed by atoms with Crippen LogP contribution in [0.2, 0.25) is 10.4 Å². The Morgan fingerprint density at radius 2 is 2.11 bits per heavy atom. The van der Waals surface area contributed by atoms with Crippen molar-refractivity contribution in [1.29, 1.82) is 0 Å². The van der Waals surface area contributed by atoms with Gasteiger partial charge in [0, 0.05) is 18.3 Å². The van der Waals surface area contributed by atoms with Gasteiger partial charge in [0.2, 0.25) is 5.28 Å². The molecule has 1 amide bonds. The van der Waals surface area contributed by atoms with E-state index in [2.05, 4.69) is 15.3 Å². The molecule has 0 aliphatic rings. The number of nitrogens with zero attached hydrogens (tertiary/aromatic N) is 2. The lowest BCUT2D eigenvalue weighted by Gasteiger charge is -2.19. The minimum atomic E-state index is -0.509. The number of alkyl carbamates (subject to hydrolysis) is 1. The molecular weight excluding hydrogens is 277 g/mol. The average Bonchev–Trinajstić information content (AvgIpc) is 2.18. The fourth-order valence-corrected chi connectivity index (χ4v) is 1.55. The van der Waals surface area contributed by atoms with Gasteiger partial charge in [-0.15, -0.1) is 0 Å². The molecule has 0 fully saturated rings. The van der Waals surface area contributed by atoms with Gasteiger partial charge in [0.05, 0.1) is 0 Å². The number of hydrogen-bond donors (Lipinski definition) is 1. The summed E-state index contributed by atoms with van der Waals surface area (Å²) in [5.74, 6) is 0. The van der Waals surface area contributed by atoms with Crippen molar-refractivity contribution in [3.8, 4) is 0 Å². The van der Waals surface area contributed by atoms with Crippen molar-refractivity contribution in [3.05, 3.63) is 22.2 Å². The summed E-state index contributed by atoms with van der Waals surface area (Å²) in [5, 5.41) is 3.01. The number of rotatable bonds is 3. The van der Waals surface area contributed by atoms with E-state index in [1.165, 1.54) is 6.20 Å². The van der Waals surface area contributed by atoms with Crippen LogP contribution in [-0.4, -0.2) is 28.2 Å². The maximum atomic E-state index is 11.4. The third-order valence-corrected chi connectivity index (χ3v) is 2.35. The Bertz CT molecular complexity index is 433. The van der Waals surface area contributed by atoms with Gasteiger partial charge in [-0.3, -0.25) is 0 Å². The molecular formula is C11H15Cl2N3O2. The summed E-state index contributed by atoms with van der Waals surface area (Å²) in [6.45, 7) is 5.79. The van der Waals surface area contributed by atoms with Crippen molar-refractivity contribution in [2.75, 3.05) is 6.54 Å². The molecule has 0 atom stereocenters. The van der Waals surface area contributed by atoms with Crippen LogP contribution in [0, 0.1) is 0 Å². The predicted molar refractivity (Wildman–Crippen MR) is 70.0 cm³/mol. The van der Waals surface area contributed by atoms with Crippen molar-refractivity contribution in [2.45, 2.75) is 32.8 Å². The predicted octanol–water partition coefficient (Wildman–Crippen LogP) is 2.85. The first-order chi connectivity index (χ1) is 8.28. The lowest BCUT2D eigenvalue weighted by Crippen LogP contribution is -2.33. The SMILES string of the molecule is CC(C)(C)OC(=O)NCCc1cnc(Cl)nc1Cl. The fourth-order valence-electron chi connectivity index (χ4n) is 1.15. The van der Waals surface area contributed by atoms with Gasteiger partial charge in [0.15, 0.2) is 0 Å². The Morgan fingerprint density at radius 1 is 1.44 bits per heavy atom. The summed E-state index contributed by atoms with van der Waals surface area (Å²) < 4.78 is 5.09. The van der Waals surface area contributed by atoms with E-state index in [9.17, 15) is 4.79 Å². The van der Waals surface area contributed by atoms with Gasteiger partial charge < -0.3 is 10.1 Å². The number of amides is 1. The minimum Gasteiger partial charge on any atom is -0.444 e. The monoisotopic (exact) mass is 291 g/mol. The van der Waals surface area contributed by atoms with Crippen molar-refractivity contribution >= 4 is 29.3 Å². The largest absolute Gasteiger partial charge is 0.444 e. The third-order valence-electron chi connectivity index (χ3n) is 1.84. The zero-order valence-electron chi connectivity index (χ0n) is 10.5. The zero-order valence-corrected chi connectivity index (χ0v) is 12.0. The van der Waals surface area contributed by atoms with E-state index in [-0.39, 0.29) is 5.28 Å². The molecule has 1 aromatic rings. The lowest BCUT2D eigenvalue weighted by atomic mass is 10.2. The average molecular weight is 292 g/mol. The van der Waals surface area contributed by atoms with Gasteiger partial charge in [0.25, 0.3) is 0 Å². The summed E-state index contributed by atoms with van der Waals surface area (Å²) in [4.78, 5) is 19.0. The fraction of sp³-hybridized carbons (Fsp3) is 0.545. The molecule has 0 unspecified atom stereocenters. The smallest absolute Gasteiger partial charge is 0.407 e. The van der Waals surface area contributed by atoms with Crippen LogP contribution in [0.5, 0.6) is 0 Å². The molecule has 0 aliphatic heterocycles. The molecule has 0 saturated carbocycles. The van der Waals surface area contributed by atoms with Crippen LogP contribution in [0.25, 0.3) is 0 Å². The van der Waals surface area contributed by atoms with Gasteiger partial charge in [-0.05, 0) is 38.8 Å². The van der Waals surface area contributed by atoms with Crippen LogP contribution < -0.4 is 5.32 Å². The molecule has 7 heteroatoms. The highest BCUT2D eigenvalue weighted by molar-refractivity contribution is 6.32. The number of aromatic nitrogens is 2. The molecule has 0 saturated heterocycles. The van der Waals surface area contributed by atoms with Gasteiger partial charge >= 0.3 is 6.09 Å². The van der Waals surface area contributed by atoms with Crippen molar-refractivity contribution < 1.29 is 9.53 Å². The Morgan fingerprint density at radius 3 is 2.67 bits per heavy atom. The summed E-state index contributed by atoms with van der Waals surface area (Å²) in [6.07, 6.45) is 1.58. The summed E-state index contributed by atoms with van der Waals surface area (Å²) in [5.41, 5.74) is 0.211. The van der Waals surface area contributed by atoms with Crippen molar-refractivity contribution in [3.63, 3.8) is 0 Å². The second-order valence-electron chi connectivity index (χ2n) is 4.63. The maximum Gasteiger partial charge on any atom is 0.407 e. The van der Waals surface area contributed by atoms with Crippen LogP contribution in [0.3, 0.4) is 0 Å². The lowest BCUT2D eigenvalue weighted by molar-refractivity contribution is 0.0528. The van der Waals surface area contributed by atoms with E-state index in [0.29, 0.717) is 18.1 Å². The number of halogens is 2. The quantitative estimate of drug-likeness (QED) is 0.687. The Hall–Kier alpha value is -1.07. The first kappa shape index (κ1) is 15.0. The Balaban J connectivity index is 2.40. The van der Waals surface area contributed by atoms with Crippen LogP contribution in [0.1, 0.15) is 26.3 Å². The molecule has 0 spiro atoms. The molecule has 0 aromatic carbocycles. The number of ether oxygens (including phenoxy) is 1. The van der Waals surface area contributed by atoms with E-state index in [0.717, 1.165) is 5.56 Å². The van der Waals surface area contributed by atoms with Gasteiger partial charge in [-0.2, -0.15) is 0 Å². The van der Waals surface area contributed by atoms with Gasteiger partial charge in [-0.25, -0.2) is 14.8 Å². The number of nitrogens with one attached hydrogen (secondary N) is 1. The number of carbonyl (C=O) groups is 1. The third kappa shape index (κ3) is 5.51. The second-order valence-corrected chi connectivity index (χ2v) is 5.33. The molecule has 5 nitrogen and oxygen atoms in total. The molecule has 1 rings (SSSR count). The molecule has 18 heavy (non-hydrogen) atoms. The highest BCUT2D eigenvalue weighted by Gasteiger charge is 2.15. The van der Waals surface area contributed by atoms with Crippen LogP contribution in [0.4, 0.5) is 4.79 Å². The van der Waals surface area contributed by atoms with Crippen molar-refractivity contribution in [1.82, 2.24) is 15.3 Å². The molecule has 1 aromatic heterocycles. The standard InChI is InChI=1S/C11H15Cl2N3O2/c1-11(2,3)18-10(17)14-5-4-7-6-15-9(13)16-8(7)12/h6H,4-5H2,1-3H3,(H,14,17). The minimum absolute atomic E-state index is 0.101. The summed E-state index contributed by atoms with van der Waals surface area (Å²) in [6, 6.07) is 0. The summed E-state index contributed by atoms with van der Waals surface area (Å²) >= 11 is 11.4. The molecule has 1 heterocycles. The maximum absolute atomic E-state index is 11.4.